The van der Waals surface area contributed by atoms with Gasteiger partial charge in [0.05, 0.1) is 5.92 Å². The second-order valence-electron chi connectivity index (χ2n) is 5.43. The average Bonchev–Trinajstić information content (AvgIpc) is 3.07. The first-order valence-corrected chi connectivity index (χ1v) is 7.98. The Balaban J connectivity index is 1.60. The van der Waals surface area contributed by atoms with Gasteiger partial charge in [0.15, 0.2) is 5.13 Å². The van der Waals surface area contributed by atoms with Crippen LogP contribution >= 0.6 is 11.3 Å². The van der Waals surface area contributed by atoms with Gasteiger partial charge in [0.25, 0.3) is 0 Å². The molecule has 3 rings (SSSR count). The highest BCUT2D eigenvalue weighted by atomic mass is 32.1. The van der Waals surface area contributed by atoms with E-state index in [1.165, 1.54) is 11.3 Å². The molecule has 1 fully saturated rings. The number of hydrogen-bond acceptors (Lipinski definition) is 4. The number of aryl methyl sites for hydroxylation is 1. The number of benzene rings is 1. The van der Waals surface area contributed by atoms with Gasteiger partial charge in [0, 0.05) is 30.6 Å². The first-order chi connectivity index (χ1) is 10.6. The number of amides is 2. The number of carbonyl (C=O) groups is 2. The molecule has 1 aromatic carbocycles. The first-order valence-electron chi connectivity index (χ1n) is 7.17. The smallest absolute Gasteiger partial charge is 0.231 e. The maximum Gasteiger partial charge on any atom is 0.231 e. The molecule has 1 aliphatic heterocycles. The number of thiazole rings is 1. The van der Waals surface area contributed by atoms with Crippen molar-refractivity contribution in [1.29, 1.82) is 0 Å². The predicted molar refractivity (Wildman–Crippen MR) is 85.4 cm³/mol. The minimum atomic E-state index is -0.305. The molecule has 1 aliphatic rings. The van der Waals surface area contributed by atoms with E-state index in [2.05, 4.69) is 10.3 Å². The van der Waals surface area contributed by atoms with Gasteiger partial charge in [-0.3, -0.25) is 9.59 Å². The van der Waals surface area contributed by atoms with Gasteiger partial charge >= 0.3 is 0 Å². The zero-order valence-corrected chi connectivity index (χ0v) is 13.1. The summed E-state index contributed by atoms with van der Waals surface area (Å²) in [4.78, 5) is 31.2. The zero-order chi connectivity index (χ0) is 15.5. The van der Waals surface area contributed by atoms with Crippen molar-refractivity contribution in [3.63, 3.8) is 0 Å². The maximum absolute atomic E-state index is 12.2. The van der Waals surface area contributed by atoms with Crippen molar-refractivity contribution < 1.29 is 9.59 Å². The van der Waals surface area contributed by atoms with Gasteiger partial charge in [-0.2, -0.15) is 0 Å². The van der Waals surface area contributed by atoms with E-state index in [9.17, 15) is 9.59 Å². The van der Waals surface area contributed by atoms with Crippen LogP contribution in [-0.2, 0) is 16.1 Å². The van der Waals surface area contributed by atoms with E-state index in [1.54, 1.807) is 11.1 Å². The normalized spacial score (nSPS) is 17.8. The Hall–Kier alpha value is -2.21. The summed E-state index contributed by atoms with van der Waals surface area (Å²) in [7, 11) is 0. The number of likely N-dealkylation sites (tertiary alicyclic amines) is 1. The van der Waals surface area contributed by atoms with Gasteiger partial charge in [-0.05, 0) is 12.5 Å². The third kappa shape index (κ3) is 3.33. The van der Waals surface area contributed by atoms with E-state index >= 15 is 0 Å². The summed E-state index contributed by atoms with van der Waals surface area (Å²) in [5.74, 6) is -0.405. The van der Waals surface area contributed by atoms with Crippen molar-refractivity contribution in [2.45, 2.75) is 19.9 Å². The van der Waals surface area contributed by atoms with Gasteiger partial charge in [0.1, 0.15) is 0 Å². The summed E-state index contributed by atoms with van der Waals surface area (Å²) in [5, 5.41) is 3.39. The van der Waals surface area contributed by atoms with Crippen molar-refractivity contribution in [2.24, 2.45) is 5.92 Å². The van der Waals surface area contributed by atoms with E-state index in [0.29, 0.717) is 18.2 Å². The summed E-state index contributed by atoms with van der Waals surface area (Å²) in [6, 6.07) is 9.81. The van der Waals surface area contributed by atoms with Crippen LogP contribution in [0.25, 0.3) is 0 Å². The molecule has 1 saturated heterocycles. The Morgan fingerprint density at radius 2 is 2.18 bits per heavy atom. The molecule has 22 heavy (non-hydrogen) atoms. The summed E-state index contributed by atoms with van der Waals surface area (Å²) >= 11 is 1.44. The van der Waals surface area contributed by atoms with Crippen LogP contribution in [0.15, 0.2) is 36.5 Å². The van der Waals surface area contributed by atoms with E-state index in [1.807, 2.05) is 37.3 Å². The van der Waals surface area contributed by atoms with Gasteiger partial charge in [0.2, 0.25) is 11.8 Å². The third-order valence-corrected chi connectivity index (χ3v) is 4.48. The topological polar surface area (TPSA) is 62.3 Å². The highest BCUT2D eigenvalue weighted by molar-refractivity contribution is 7.15. The summed E-state index contributed by atoms with van der Waals surface area (Å²) < 4.78 is 0. The van der Waals surface area contributed by atoms with Crippen LogP contribution in [0.5, 0.6) is 0 Å². The van der Waals surface area contributed by atoms with Crippen LogP contribution in [0, 0.1) is 12.8 Å². The summed E-state index contributed by atoms with van der Waals surface area (Å²) in [6.45, 7) is 2.96. The highest BCUT2D eigenvalue weighted by Gasteiger charge is 2.34. The molecule has 1 N–H and O–H groups in total. The number of anilines is 1. The molecule has 114 valence electrons. The van der Waals surface area contributed by atoms with Crippen LogP contribution in [0.4, 0.5) is 5.13 Å². The lowest BCUT2D eigenvalue weighted by Crippen LogP contribution is -2.28. The Morgan fingerprint density at radius 1 is 1.41 bits per heavy atom. The van der Waals surface area contributed by atoms with Gasteiger partial charge in [-0.25, -0.2) is 4.98 Å². The van der Waals surface area contributed by atoms with Gasteiger partial charge in [-0.1, -0.05) is 30.3 Å². The molecule has 0 unspecified atom stereocenters. The molecule has 2 aromatic rings. The molecular weight excluding hydrogens is 298 g/mol. The van der Waals surface area contributed by atoms with Crippen molar-refractivity contribution in [3.05, 3.63) is 47.0 Å². The number of rotatable bonds is 4. The third-order valence-electron chi connectivity index (χ3n) is 3.65. The molecule has 0 bridgehead atoms. The molecule has 0 aliphatic carbocycles. The Labute approximate surface area is 133 Å². The van der Waals surface area contributed by atoms with Crippen LogP contribution in [0.2, 0.25) is 0 Å². The zero-order valence-electron chi connectivity index (χ0n) is 12.3. The van der Waals surface area contributed by atoms with Crippen molar-refractivity contribution in [1.82, 2.24) is 9.88 Å². The van der Waals surface area contributed by atoms with Crippen LogP contribution in [-0.4, -0.2) is 28.2 Å². The molecule has 0 radical (unpaired) electrons. The Bertz CT molecular complexity index is 684. The largest absolute Gasteiger partial charge is 0.338 e. The molecule has 6 heteroatoms. The van der Waals surface area contributed by atoms with Crippen LogP contribution in [0.1, 0.15) is 16.9 Å². The quantitative estimate of drug-likeness (QED) is 0.942. The molecule has 1 atom stereocenters. The Morgan fingerprint density at radius 3 is 2.86 bits per heavy atom. The SMILES string of the molecule is Cc1cnc(NC(=O)[C@@H]2CC(=O)N(Cc3ccccc3)C2)s1. The fraction of sp³-hybridized carbons (Fsp3) is 0.312. The van der Waals surface area contributed by atoms with E-state index in [-0.39, 0.29) is 24.2 Å². The number of nitrogens with one attached hydrogen (secondary N) is 1. The monoisotopic (exact) mass is 315 g/mol. The molecule has 0 saturated carbocycles. The lowest BCUT2D eigenvalue weighted by atomic mass is 10.1. The summed E-state index contributed by atoms with van der Waals surface area (Å²) in [5.41, 5.74) is 1.08. The van der Waals surface area contributed by atoms with Gasteiger partial charge in [-0.15, -0.1) is 11.3 Å². The minimum Gasteiger partial charge on any atom is -0.338 e. The van der Waals surface area contributed by atoms with E-state index in [0.717, 1.165) is 10.4 Å². The Kier molecular flexibility index (Phi) is 4.20. The second-order valence-corrected chi connectivity index (χ2v) is 6.66. The molecule has 2 heterocycles. The molecule has 1 aromatic heterocycles. The second kappa shape index (κ2) is 6.27. The number of nitrogens with zero attached hydrogens (tertiary/aromatic N) is 2. The minimum absolute atomic E-state index is 0.0272. The van der Waals surface area contributed by atoms with E-state index < -0.39 is 0 Å². The lowest BCUT2D eigenvalue weighted by Gasteiger charge is -2.16. The first kappa shape index (κ1) is 14.7. The van der Waals surface area contributed by atoms with E-state index in [4.69, 9.17) is 0 Å². The van der Waals surface area contributed by atoms with Crippen molar-refractivity contribution in [3.8, 4) is 0 Å². The van der Waals surface area contributed by atoms with Crippen molar-refractivity contribution in [2.75, 3.05) is 11.9 Å². The maximum atomic E-state index is 12.2. The fourth-order valence-corrected chi connectivity index (χ4v) is 3.19. The van der Waals surface area contributed by atoms with Crippen molar-refractivity contribution >= 4 is 28.3 Å². The highest BCUT2D eigenvalue weighted by Crippen LogP contribution is 2.23. The fourth-order valence-electron chi connectivity index (χ4n) is 2.52. The number of hydrogen-bond donors (Lipinski definition) is 1. The molecule has 5 nitrogen and oxygen atoms in total. The summed E-state index contributed by atoms with van der Waals surface area (Å²) in [6.07, 6.45) is 1.99. The molecule has 0 spiro atoms. The van der Waals surface area contributed by atoms with Crippen LogP contribution in [0.3, 0.4) is 0 Å². The van der Waals surface area contributed by atoms with Gasteiger partial charge < -0.3 is 10.2 Å². The number of carbonyl (C=O) groups excluding carboxylic acids is 2. The lowest BCUT2D eigenvalue weighted by molar-refractivity contribution is -0.128. The predicted octanol–water partition coefficient (Wildman–Crippen LogP) is 2.44. The van der Waals surface area contributed by atoms with Crippen LogP contribution < -0.4 is 5.32 Å². The average molecular weight is 315 g/mol. The standard InChI is InChI=1S/C16H17N3O2S/c1-11-8-17-16(22-11)18-15(21)13-7-14(20)19(10-13)9-12-5-3-2-4-6-12/h2-6,8,13H,7,9-10H2,1H3,(H,17,18,21)/t13-/m1/s1. The number of aromatic nitrogens is 1. The molecule has 2 amide bonds. The molecular formula is C16H17N3O2S.